The van der Waals surface area contributed by atoms with Crippen LogP contribution in [0.3, 0.4) is 0 Å². The maximum atomic E-state index is 11.1. The molecule has 0 atom stereocenters. The summed E-state index contributed by atoms with van der Waals surface area (Å²) in [6.45, 7) is 5.37. The Morgan fingerprint density at radius 1 is 1.19 bits per heavy atom. The van der Waals surface area contributed by atoms with Gasteiger partial charge in [-0.1, -0.05) is 6.58 Å². The number of methoxy groups -OCH3 is 3. The molecule has 0 unspecified atom stereocenters. The molecule has 0 radical (unpaired) electrons. The lowest BCUT2D eigenvalue weighted by Crippen LogP contribution is -2.36. The first-order valence-corrected chi connectivity index (χ1v) is 4.99. The molecule has 0 aromatic heterocycles. The van der Waals surface area contributed by atoms with Crippen LogP contribution in [0.2, 0.25) is 0 Å². The summed E-state index contributed by atoms with van der Waals surface area (Å²) in [6.07, 6.45) is 1.05. The molecule has 5 nitrogen and oxygen atoms in total. The molecule has 0 rings (SSSR count). The van der Waals surface area contributed by atoms with E-state index in [2.05, 4.69) is 6.58 Å². The molecule has 0 aliphatic rings. The smallest absolute Gasteiger partial charge is 0.333 e. The van der Waals surface area contributed by atoms with E-state index in [1.165, 1.54) is 21.3 Å². The van der Waals surface area contributed by atoms with Crippen molar-refractivity contribution in [3.63, 3.8) is 0 Å². The highest BCUT2D eigenvalue weighted by molar-refractivity contribution is 5.86. The van der Waals surface area contributed by atoms with Crippen molar-refractivity contribution in [3.8, 4) is 0 Å². The van der Waals surface area contributed by atoms with Crippen LogP contribution in [0.1, 0.15) is 19.8 Å². The zero-order valence-corrected chi connectivity index (χ0v) is 10.4. The molecule has 16 heavy (non-hydrogen) atoms. The summed E-state index contributed by atoms with van der Waals surface area (Å²) in [5.41, 5.74) is 0.386. The minimum absolute atomic E-state index is 0.281. The lowest BCUT2D eigenvalue weighted by Gasteiger charge is -2.28. The second-order valence-electron chi connectivity index (χ2n) is 3.32. The molecule has 0 saturated carbocycles. The Balaban J connectivity index is 3.88. The van der Waals surface area contributed by atoms with Gasteiger partial charge in [0.2, 0.25) is 0 Å². The monoisotopic (exact) mass is 232 g/mol. The number of hydrogen-bond acceptors (Lipinski definition) is 5. The van der Waals surface area contributed by atoms with Crippen LogP contribution in [0.25, 0.3) is 0 Å². The first kappa shape index (κ1) is 15.1. The van der Waals surface area contributed by atoms with Crippen molar-refractivity contribution in [1.82, 2.24) is 0 Å². The summed E-state index contributed by atoms with van der Waals surface area (Å²) in [5, 5.41) is 0. The molecular weight excluding hydrogens is 212 g/mol. The van der Waals surface area contributed by atoms with E-state index < -0.39 is 11.9 Å². The Bertz CT molecular complexity index is 224. The van der Waals surface area contributed by atoms with E-state index in [-0.39, 0.29) is 6.61 Å². The van der Waals surface area contributed by atoms with Crippen LogP contribution < -0.4 is 0 Å². The number of hydrogen-bond donors (Lipinski definition) is 0. The average Bonchev–Trinajstić information content (AvgIpc) is 2.30. The topological polar surface area (TPSA) is 54.0 Å². The predicted octanol–water partition coefficient (Wildman–Crippen LogP) is 1.48. The van der Waals surface area contributed by atoms with Gasteiger partial charge in [0.05, 0.1) is 6.61 Å². The molecule has 0 saturated heterocycles. The van der Waals surface area contributed by atoms with Crippen LogP contribution >= 0.6 is 0 Å². The SMILES string of the molecule is C=C(C)C(=O)OCCCC(OC)(OC)OC. The van der Waals surface area contributed by atoms with Crippen LogP contribution in [0, 0.1) is 0 Å². The van der Waals surface area contributed by atoms with E-state index in [1.54, 1.807) is 6.92 Å². The van der Waals surface area contributed by atoms with Crippen molar-refractivity contribution in [2.75, 3.05) is 27.9 Å². The number of ether oxygens (including phenoxy) is 4. The van der Waals surface area contributed by atoms with Gasteiger partial charge >= 0.3 is 5.97 Å². The van der Waals surface area contributed by atoms with Gasteiger partial charge in [-0.05, 0) is 13.3 Å². The second kappa shape index (κ2) is 7.38. The zero-order valence-electron chi connectivity index (χ0n) is 10.4. The molecule has 0 aliphatic heterocycles. The third kappa shape index (κ3) is 4.74. The summed E-state index contributed by atoms with van der Waals surface area (Å²) in [4.78, 5) is 11.1. The molecule has 0 bridgehead atoms. The van der Waals surface area contributed by atoms with E-state index in [1.807, 2.05) is 0 Å². The Labute approximate surface area is 96.3 Å². The van der Waals surface area contributed by atoms with Crippen LogP contribution in [-0.4, -0.2) is 39.9 Å². The van der Waals surface area contributed by atoms with Crippen molar-refractivity contribution in [2.24, 2.45) is 0 Å². The molecule has 0 aliphatic carbocycles. The van der Waals surface area contributed by atoms with Crippen molar-refractivity contribution in [2.45, 2.75) is 25.7 Å². The van der Waals surface area contributed by atoms with Gasteiger partial charge in [0.1, 0.15) is 0 Å². The standard InChI is InChI=1S/C11H20O5/c1-9(2)10(12)16-8-6-7-11(13-3,14-4)15-5/h1,6-8H2,2-5H3. The average molecular weight is 232 g/mol. The number of rotatable bonds is 8. The third-order valence-electron chi connectivity index (χ3n) is 2.14. The molecule has 0 fully saturated rings. The lowest BCUT2D eigenvalue weighted by atomic mass is 10.3. The van der Waals surface area contributed by atoms with Gasteiger partial charge in [-0.15, -0.1) is 0 Å². The van der Waals surface area contributed by atoms with Gasteiger partial charge in [0.15, 0.2) is 0 Å². The first-order valence-electron chi connectivity index (χ1n) is 4.99. The molecule has 94 valence electrons. The quantitative estimate of drug-likeness (QED) is 0.274. The Kier molecular flexibility index (Phi) is 6.96. The van der Waals surface area contributed by atoms with Crippen molar-refractivity contribution < 1.29 is 23.7 Å². The van der Waals surface area contributed by atoms with Gasteiger partial charge < -0.3 is 18.9 Å². The fourth-order valence-corrected chi connectivity index (χ4v) is 1.13. The minimum Gasteiger partial charge on any atom is -0.462 e. The Morgan fingerprint density at radius 3 is 2.06 bits per heavy atom. The number of esters is 1. The fraction of sp³-hybridized carbons (Fsp3) is 0.727. The molecule has 0 aromatic rings. The third-order valence-corrected chi connectivity index (χ3v) is 2.14. The van der Waals surface area contributed by atoms with E-state index >= 15 is 0 Å². The molecule has 0 N–H and O–H groups in total. The maximum Gasteiger partial charge on any atom is 0.333 e. The van der Waals surface area contributed by atoms with Crippen LogP contribution in [0.15, 0.2) is 12.2 Å². The first-order chi connectivity index (χ1) is 7.51. The summed E-state index contributed by atoms with van der Waals surface area (Å²) in [5.74, 6) is -1.45. The summed E-state index contributed by atoms with van der Waals surface area (Å²) in [7, 11) is 4.48. The molecule has 0 amide bonds. The van der Waals surface area contributed by atoms with Crippen LogP contribution in [0.4, 0.5) is 0 Å². The number of carbonyl (C=O) groups is 1. The number of carbonyl (C=O) groups excluding carboxylic acids is 1. The molecular formula is C11H20O5. The van der Waals surface area contributed by atoms with Crippen LogP contribution in [-0.2, 0) is 23.7 Å². The highest BCUT2D eigenvalue weighted by Gasteiger charge is 2.28. The largest absolute Gasteiger partial charge is 0.462 e. The van der Waals surface area contributed by atoms with Crippen molar-refractivity contribution in [3.05, 3.63) is 12.2 Å². The Morgan fingerprint density at radius 2 is 1.69 bits per heavy atom. The fourth-order valence-electron chi connectivity index (χ4n) is 1.13. The zero-order chi connectivity index (χ0) is 12.6. The van der Waals surface area contributed by atoms with E-state index in [4.69, 9.17) is 18.9 Å². The van der Waals surface area contributed by atoms with Crippen molar-refractivity contribution in [1.29, 1.82) is 0 Å². The van der Waals surface area contributed by atoms with Gasteiger partial charge in [-0.2, -0.15) is 0 Å². The van der Waals surface area contributed by atoms with Gasteiger partial charge in [-0.3, -0.25) is 0 Å². The Hall–Kier alpha value is -0.910. The normalized spacial score (nSPS) is 11.2. The van der Waals surface area contributed by atoms with Gasteiger partial charge in [-0.25, -0.2) is 4.79 Å². The predicted molar refractivity (Wildman–Crippen MR) is 58.8 cm³/mol. The highest BCUT2D eigenvalue weighted by atomic mass is 16.9. The van der Waals surface area contributed by atoms with Crippen LogP contribution in [0.5, 0.6) is 0 Å². The summed E-state index contributed by atoms with van der Waals surface area (Å²) >= 11 is 0. The van der Waals surface area contributed by atoms with E-state index in [0.29, 0.717) is 18.4 Å². The molecule has 0 spiro atoms. The van der Waals surface area contributed by atoms with Gasteiger partial charge in [0.25, 0.3) is 5.97 Å². The summed E-state index contributed by atoms with van der Waals surface area (Å²) < 4.78 is 20.2. The lowest BCUT2D eigenvalue weighted by molar-refractivity contribution is -0.355. The molecule has 0 heterocycles. The molecule has 5 heteroatoms. The highest BCUT2D eigenvalue weighted by Crippen LogP contribution is 2.18. The summed E-state index contributed by atoms with van der Waals surface area (Å²) in [6, 6.07) is 0. The van der Waals surface area contributed by atoms with Crippen molar-refractivity contribution >= 4 is 5.97 Å². The maximum absolute atomic E-state index is 11.1. The second-order valence-corrected chi connectivity index (χ2v) is 3.32. The van der Waals surface area contributed by atoms with Gasteiger partial charge in [0, 0.05) is 33.3 Å². The minimum atomic E-state index is -1.06. The molecule has 0 aromatic carbocycles. The van der Waals surface area contributed by atoms with E-state index in [9.17, 15) is 4.79 Å². The van der Waals surface area contributed by atoms with E-state index in [0.717, 1.165) is 0 Å².